The smallest absolute Gasteiger partial charge is 0.271 e. The lowest BCUT2D eigenvalue weighted by molar-refractivity contribution is -0.307. The zero-order valence-electron chi connectivity index (χ0n) is 21.4. The Morgan fingerprint density at radius 2 is 1.76 bits per heavy atom. The summed E-state index contributed by atoms with van der Waals surface area (Å²) >= 11 is 0. The molecule has 0 saturated heterocycles. The lowest BCUT2D eigenvalue weighted by atomic mass is 10.0. The van der Waals surface area contributed by atoms with Crippen molar-refractivity contribution in [2.75, 3.05) is 6.54 Å². The van der Waals surface area contributed by atoms with Crippen molar-refractivity contribution < 1.29 is 33.7 Å². The van der Waals surface area contributed by atoms with Gasteiger partial charge in [0.15, 0.2) is 0 Å². The van der Waals surface area contributed by atoms with Gasteiger partial charge in [-0.2, -0.15) is 0 Å². The summed E-state index contributed by atoms with van der Waals surface area (Å²) in [6.07, 6.45) is -2.43. The number of hydrogen-bond acceptors (Lipinski definition) is 6. The number of hydrogen-bond donors (Lipinski definition) is 3. The fourth-order valence-electron chi connectivity index (χ4n) is 4.35. The molecule has 3 aromatic rings. The van der Waals surface area contributed by atoms with Crippen molar-refractivity contribution in [2.45, 2.75) is 64.2 Å². The van der Waals surface area contributed by atoms with Gasteiger partial charge in [0.2, 0.25) is 0 Å². The van der Waals surface area contributed by atoms with Crippen molar-refractivity contribution in [3.8, 4) is 11.4 Å². The fourth-order valence-corrected chi connectivity index (χ4v) is 4.35. The maximum absolute atomic E-state index is 13.6. The molecule has 1 aromatic heterocycles. The number of aliphatic carboxylic acids is 1. The second kappa shape index (κ2) is 13.3. The van der Waals surface area contributed by atoms with Gasteiger partial charge in [-0.15, -0.1) is 0 Å². The van der Waals surface area contributed by atoms with Gasteiger partial charge in [-0.1, -0.05) is 26.0 Å². The van der Waals surface area contributed by atoms with Crippen LogP contribution in [0.2, 0.25) is 0 Å². The Morgan fingerprint density at radius 1 is 1.05 bits per heavy atom. The Kier molecular flexibility index (Phi) is 10.1. The van der Waals surface area contributed by atoms with E-state index in [2.05, 4.69) is 10.3 Å². The SMILES string of the molecule is CC(C)c1c(C(=O)NCCc2cccc(F)c2)nc(-c2ccc(F)cc2)n1CC[C@@H](O)C[C@@H](O)CC(=O)[O-]. The molecule has 2 atom stereocenters. The van der Waals surface area contributed by atoms with E-state index in [9.17, 15) is 33.7 Å². The van der Waals surface area contributed by atoms with Crippen molar-refractivity contribution in [1.29, 1.82) is 0 Å². The van der Waals surface area contributed by atoms with E-state index in [1.807, 2.05) is 13.8 Å². The zero-order chi connectivity index (χ0) is 27.8. The number of benzene rings is 2. The molecule has 0 aliphatic heterocycles. The van der Waals surface area contributed by atoms with Crippen LogP contribution in [-0.4, -0.2) is 50.4 Å². The maximum Gasteiger partial charge on any atom is 0.271 e. The lowest BCUT2D eigenvalue weighted by Crippen LogP contribution is -2.30. The molecule has 0 fully saturated rings. The summed E-state index contributed by atoms with van der Waals surface area (Å²) in [5.41, 5.74) is 2.10. The van der Waals surface area contributed by atoms with Crippen LogP contribution < -0.4 is 10.4 Å². The molecular formula is C28H32F2N3O5-. The van der Waals surface area contributed by atoms with E-state index < -0.39 is 36.3 Å². The topological polar surface area (TPSA) is 128 Å². The van der Waals surface area contributed by atoms with Crippen LogP contribution in [0.4, 0.5) is 8.78 Å². The number of aliphatic hydroxyl groups is 2. The Hall–Kier alpha value is -3.63. The monoisotopic (exact) mass is 528 g/mol. The molecule has 0 spiro atoms. The molecule has 0 bridgehead atoms. The van der Waals surface area contributed by atoms with Crippen LogP contribution in [0, 0.1) is 11.6 Å². The average Bonchev–Trinajstić information content (AvgIpc) is 3.22. The van der Waals surface area contributed by atoms with E-state index in [0.29, 0.717) is 23.5 Å². The quantitative estimate of drug-likeness (QED) is 0.313. The van der Waals surface area contributed by atoms with E-state index in [-0.39, 0.29) is 43.4 Å². The number of nitrogens with zero attached hydrogens (tertiary/aromatic N) is 2. The van der Waals surface area contributed by atoms with Crippen molar-refractivity contribution in [1.82, 2.24) is 14.9 Å². The first-order valence-corrected chi connectivity index (χ1v) is 12.5. The lowest BCUT2D eigenvalue weighted by Gasteiger charge is -2.19. The molecule has 0 aliphatic carbocycles. The molecule has 8 nitrogen and oxygen atoms in total. The zero-order valence-corrected chi connectivity index (χ0v) is 21.4. The molecule has 0 saturated carbocycles. The Morgan fingerprint density at radius 3 is 2.39 bits per heavy atom. The van der Waals surface area contributed by atoms with Gasteiger partial charge in [0, 0.05) is 31.0 Å². The third kappa shape index (κ3) is 7.93. The van der Waals surface area contributed by atoms with Gasteiger partial charge in [0.25, 0.3) is 5.91 Å². The molecule has 0 aliphatic rings. The standard InChI is InChI=1S/C28H33F2N3O5/c1-17(2)26-25(28(38)31-12-10-18-4-3-5-21(30)14-18)32-27(19-6-8-20(29)9-7-19)33(26)13-11-22(34)15-23(35)16-24(36)37/h3-9,14,17,22-23,34-35H,10-13,15-16H2,1-2H3,(H,31,38)(H,36,37)/p-1/t22-,23-/m1/s1. The number of carboxylic acids is 1. The highest BCUT2D eigenvalue weighted by molar-refractivity contribution is 5.94. The molecule has 38 heavy (non-hydrogen) atoms. The van der Waals surface area contributed by atoms with Crippen LogP contribution in [0.3, 0.4) is 0 Å². The number of nitrogens with one attached hydrogen (secondary N) is 1. The van der Waals surface area contributed by atoms with Gasteiger partial charge < -0.3 is 30.0 Å². The number of carbonyl (C=O) groups excluding carboxylic acids is 2. The van der Waals surface area contributed by atoms with Crippen molar-refractivity contribution >= 4 is 11.9 Å². The van der Waals surface area contributed by atoms with Gasteiger partial charge in [-0.25, -0.2) is 13.8 Å². The summed E-state index contributed by atoms with van der Waals surface area (Å²) in [4.78, 5) is 28.5. The first kappa shape index (κ1) is 28.9. The van der Waals surface area contributed by atoms with Crippen molar-refractivity contribution in [2.24, 2.45) is 0 Å². The predicted molar refractivity (Wildman–Crippen MR) is 135 cm³/mol. The van der Waals surface area contributed by atoms with E-state index >= 15 is 0 Å². The number of imidazole rings is 1. The summed E-state index contributed by atoms with van der Waals surface area (Å²) < 4.78 is 28.8. The molecule has 0 radical (unpaired) electrons. The van der Waals surface area contributed by atoms with Gasteiger partial charge >= 0.3 is 0 Å². The number of rotatable bonds is 13. The highest BCUT2D eigenvalue weighted by atomic mass is 19.1. The van der Waals surface area contributed by atoms with E-state index in [0.717, 1.165) is 5.56 Å². The molecule has 204 valence electrons. The summed E-state index contributed by atoms with van der Waals surface area (Å²) in [5.74, 6) is -2.35. The van der Waals surface area contributed by atoms with E-state index in [1.54, 1.807) is 28.8 Å². The summed E-state index contributed by atoms with van der Waals surface area (Å²) in [6.45, 7) is 4.26. The third-order valence-electron chi connectivity index (χ3n) is 6.09. The second-order valence-electron chi connectivity index (χ2n) is 9.53. The fraction of sp³-hybridized carbons (Fsp3) is 0.393. The normalized spacial score (nSPS) is 12.9. The third-order valence-corrected chi connectivity index (χ3v) is 6.09. The first-order valence-electron chi connectivity index (χ1n) is 12.5. The average molecular weight is 529 g/mol. The molecule has 0 unspecified atom stereocenters. The van der Waals surface area contributed by atoms with Crippen LogP contribution in [0.15, 0.2) is 48.5 Å². The van der Waals surface area contributed by atoms with E-state index in [4.69, 9.17) is 0 Å². The van der Waals surface area contributed by atoms with Crippen LogP contribution in [-0.2, 0) is 17.8 Å². The Bertz CT molecular complexity index is 1240. The molecular weight excluding hydrogens is 496 g/mol. The number of carbonyl (C=O) groups is 2. The minimum atomic E-state index is -1.41. The molecule has 3 N–H and O–H groups in total. The minimum absolute atomic E-state index is 0.148. The largest absolute Gasteiger partial charge is 0.550 e. The molecule has 1 heterocycles. The molecule has 10 heteroatoms. The van der Waals surface area contributed by atoms with Crippen LogP contribution >= 0.6 is 0 Å². The summed E-state index contributed by atoms with van der Waals surface area (Å²) in [6, 6.07) is 11.8. The summed E-state index contributed by atoms with van der Waals surface area (Å²) in [7, 11) is 0. The second-order valence-corrected chi connectivity index (χ2v) is 9.53. The highest BCUT2D eigenvalue weighted by Crippen LogP contribution is 2.29. The molecule has 2 aromatic carbocycles. The van der Waals surface area contributed by atoms with Crippen LogP contribution in [0.5, 0.6) is 0 Å². The number of aromatic nitrogens is 2. The predicted octanol–water partition coefficient (Wildman–Crippen LogP) is 2.57. The van der Waals surface area contributed by atoms with Crippen molar-refractivity contribution in [3.05, 3.63) is 77.1 Å². The summed E-state index contributed by atoms with van der Waals surface area (Å²) in [5, 5.41) is 33.8. The number of carboxylic acid groups (broad SMARTS) is 1. The number of aliphatic hydroxyl groups excluding tert-OH is 2. The van der Waals surface area contributed by atoms with Gasteiger partial charge in [-0.3, -0.25) is 4.79 Å². The van der Waals surface area contributed by atoms with Crippen LogP contribution in [0.1, 0.15) is 60.8 Å². The van der Waals surface area contributed by atoms with Crippen molar-refractivity contribution in [3.63, 3.8) is 0 Å². The Balaban J connectivity index is 1.85. The van der Waals surface area contributed by atoms with E-state index in [1.165, 1.54) is 24.3 Å². The minimum Gasteiger partial charge on any atom is -0.550 e. The maximum atomic E-state index is 13.6. The number of amides is 1. The van der Waals surface area contributed by atoms with Gasteiger partial charge in [-0.05, 0) is 67.1 Å². The Labute approximate surface area is 220 Å². The highest BCUT2D eigenvalue weighted by Gasteiger charge is 2.26. The van der Waals surface area contributed by atoms with Gasteiger partial charge in [0.1, 0.15) is 23.2 Å². The first-order chi connectivity index (χ1) is 18.0. The van der Waals surface area contributed by atoms with Gasteiger partial charge in [0.05, 0.1) is 17.9 Å². The molecule has 1 amide bonds. The molecule has 3 rings (SSSR count). The number of halogens is 2. The van der Waals surface area contributed by atoms with Crippen LogP contribution in [0.25, 0.3) is 11.4 Å².